The highest BCUT2D eigenvalue weighted by Crippen LogP contribution is 2.30. The summed E-state index contributed by atoms with van der Waals surface area (Å²) in [5.74, 6) is -0.214. The van der Waals surface area contributed by atoms with Gasteiger partial charge in [-0.25, -0.2) is 4.79 Å². The van der Waals surface area contributed by atoms with Gasteiger partial charge in [-0.2, -0.15) is 0 Å². The standard InChI is InChI=1S/C10H17BrO3/c1-10(2)7-14-9(12)8(10)13-6-4-3-5-11/h8H,3-7H2,1-2H3. The number of unbranched alkanes of at least 4 members (excludes halogenated alkanes) is 1. The second kappa shape index (κ2) is 5.12. The van der Waals surface area contributed by atoms with Gasteiger partial charge in [0.15, 0.2) is 6.10 Å². The van der Waals surface area contributed by atoms with E-state index in [4.69, 9.17) is 9.47 Å². The Labute approximate surface area is 93.3 Å². The average Bonchev–Trinajstić information content (AvgIpc) is 2.38. The summed E-state index contributed by atoms with van der Waals surface area (Å²) in [6, 6.07) is 0. The molecule has 1 rings (SSSR count). The smallest absolute Gasteiger partial charge is 0.335 e. The maximum atomic E-state index is 11.3. The molecule has 1 fully saturated rings. The zero-order chi connectivity index (χ0) is 10.6. The number of halogens is 1. The predicted octanol–water partition coefficient (Wildman–Crippen LogP) is 2.13. The molecular weight excluding hydrogens is 248 g/mol. The van der Waals surface area contributed by atoms with Crippen LogP contribution in [0.5, 0.6) is 0 Å². The lowest BCUT2D eigenvalue weighted by molar-refractivity contribution is -0.148. The number of rotatable bonds is 5. The molecule has 0 aromatic rings. The number of hydrogen-bond donors (Lipinski definition) is 0. The minimum absolute atomic E-state index is 0.175. The Bertz CT molecular complexity index is 204. The third-order valence-electron chi connectivity index (χ3n) is 2.32. The third-order valence-corrected chi connectivity index (χ3v) is 2.88. The Morgan fingerprint density at radius 3 is 2.79 bits per heavy atom. The van der Waals surface area contributed by atoms with Gasteiger partial charge in [0.05, 0.1) is 6.61 Å². The summed E-state index contributed by atoms with van der Waals surface area (Å²) in [6.07, 6.45) is 1.67. The Morgan fingerprint density at radius 2 is 2.29 bits per heavy atom. The van der Waals surface area contributed by atoms with Crippen LogP contribution in [-0.2, 0) is 14.3 Å². The lowest BCUT2D eigenvalue weighted by atomic mass is 9.90. The van der Waals surface area contributed by atoms with Gasteiger partial charge < -0.3 is 9.47 Å². The number of carbonyl (C=O) groups is 1. The summed E-state index contributed by atoms with van der Waals surface area (Å²) in [7, 11) is 0. The van der Waals surface area contributed by atoms with Gasteiger partial charge in [0.25, 0.3) is 0 Å². The highest BCUT2D eigenvalue weighted by Gasteiger charge is 2.44. The maximum absolute atomic E-state index is 11.3. The van der Waals surface area contributed by atoms with E-state index in [1.165, 1.54) is 0 Å². The predicted molar refractivity (Wildman–Crippen MR) is 57.5 cm³/mol. The molecule has 1 aliphatic heterocycles. The lowest BCUT2D eigenvalue weighted by Crippen LogP contribution is -2.33. The second-order valence-electron chi connectivity index (χ2n) is 4.24. The fourth-order valence-corrected chi connectivity index (χ4v) is 1.82. The molecule has 0 N–H and O–H groups in total. The Morgan fingerprint density at radius 1 is 1.57 bits per heavy atom. The minimum atomic E-state index is -0.377. The highest BCUT2D eigenvalue weighted by atomic mass is 79.9. The van der Waals surface area contributed by atoms with Crippen LogP contribution in [0.3, 0.4) is 0 Å². The average molecular weight is 265 g/mol. The van der Waals surface area contributed by atoms with Gasteiger partial charge in [0, 0.05) is 17.4 Å². The van der Waals surface area contributed by atoms with E-state index in [1.807, 2.05) is 13.8 Å². The van der Waals surface area contributed by atoms with Crippen LogP contribution >= 0.6 is 15.9 Å². The highest BCUT2D eigenvalue weighted by molar-refractivity contribution is 9.09. The largest absolute Gasteiger partial charge is 0.463 e. The molecule has 1 aliphatic rings. The van der Waals surface area contributed by atoms with Crippen LogP contribution < -0.4 is 0 Å². The summed E-state index contributed by atoms with van der Waals surface area (Å²) in [6.45, 7) is 5.09. The first-order valence-corrected chi connectivity index (χ1v) is 6.04. The summed E-state index contributed by atoms with van der Waals surface area (Å²) >= 11 is 3.35. The van der Waals surface area contributed by atoms with E-state index in [0.29, 0.717) is 13.2 Å². The Hall–Kier alpha value is -0.0900. The topological polar surface area (TPSA) is 35.5 Å². The van der Waals surface area contributed by atoms with Crippen molar-refractivity contribution in [2.24, 2.45) is 5.41 Å². The number of cyclic esters (lactones) is 1. The molecule has 0 aliphatic carbocycles. The fourth-order valence-electron chi connectivity index (χ4n) is 1.42. The zero-order valence-electron chi connectivity index (χ0n) is 8.72. The van der Waals surface area contributed by atoms with Crippen molar-refractivity contribution in [3.05, 3.63) is 0 Å². The van der Waals surface area contributed by atoms with E-state index in [9.17, 15) is 4.79 Å². The van der Waals surface area contributed by atoms with Crippen molar-refractivity contribution < 1.29 is 14.3 Å². The number of alkyl halides is 1. The van der Waals surface area contributed by atoms with Gasteiger partial charge in [0.2, 0.25) is 0 Å². The number of esters is 1. The summed E-state index contributed by atoms with van der Waals surface area (Å²) in [5, 5.41) is 0.981. The van der Waals surface area contributed by atoms with Gasteiger partial charge >= 0.3 is 5.97 Å². The van der Waals surface area contributed by atoms with Crippen LogP contribution in [0.2, 0.25) is 0 Å². The summed E-state index contributed by atoms with van der Waals surface area (Å²) < 4.78 is 10.5. The molecule has 1 heterocycles. The second-order valence-corrected chi connectivity index (χ2v) is 5.04. The van der Waals surface area contributed by atoms with E-state index in [2.05, 4.69) is 15.9 Å². The quantitative estimate of drug-likeness (QED) is 0.434. The molecular formula is C10H17BrO3. The molecule has 0 radical (unpaired) electrons. The summed E-state index contributed by atoms with van der Waals surface area (Å²) in [4.78, 5) is 11.3. The lowest BCUT2D eigenvalue weighted by Gasteiger charge is -2.21. The Kier molecular flexibility index (Phi) is 4.38. The first kappa shape index (κ1) is 12.0. The fraction of sp³-hybridized carbons (Fsp3) is 0.900. The summed E-state index contributed by atoms with van der Waals surface area (Å²) in [5.41, 5.74) is -0.175. The van der Waals surface area contributed by atoms with Crippen LogP contribution in [-0.4, -0.2) is 30.6 Å². The molecule has 0 aromatic heterocycles. The van der Waals surface area contributed by atoms with Crippen LogP contribution in [0.15, 0.2) is 0 Å². The van der Waals surface area contributed by atoms with E-state index in [0.717, 1.165) is 18.2 Å². The van der Waals surface area contributed by atoms with Crippen molar-refractivity contribution in [2.45, 2.75) is 32.8 Å². The van der Waals surface area contributed by atoms with Crippen LogP contribution in [0, 0.1) is 5.41 Å². The van der Waals surface area contributed by atoms with E-state index in [1.54, 1.807) is 0 Å². The van der Waals surface area contributed by atoms with Gasteiger partial charge in [-0.05, 0) is 12.8 Å². The number of carbonyl (C=O) groups excluding carboxylic acids is 1. The molecule has 1 saturated heterocycles. The van der Waals surface area contributed by atoms with Crippen molar-refractivity contribution in [2.75, 3.05) is 18.5 Å². The molecule has 1 atom stereocenters. The van der Waals surface area contributed by atoms with Crippen molar-refractivity contribution >= 4 is 21.9 Å². The molecule has 82 valence electrons. The van der Waals surface area contributed by atoms with E-state index >= 15 is 0 Å². The maximum Gasteiger partial charge on any atom is 0.335 e. The molecule has 1 unspecified atom stereocenters. The number of ether oxygens (including phenoxy) is 2. The third kappa shape index (κ3) is 2.95. The van der Waals surface area contributed by atoms with Crippen molar-refractivity contribution in [3.63, 3.8) is 0 Å². The number of hydrogen-bond acceptors (Lipinski definition) is 3. The van der Waals surface area contributed by atoms with Crippen molar-refractivity contribution in [1.82, 2.24) is 0 Å². The molecule has 0 spiro atoms. The van der Waals surface area contributed by atoms with E-state index in [-0.39, 0.29) is 17.5 Å². The molecule has 0 saturated carbocycles. The van der Waals surface area contributed by atoms with Gasteiger partial charge in [-0.1, -0.05) is 29.8 Å². The molecule has 4 heteroatoms. The van der Waals surface area contributed by atoms with Crippen molar-refractivity contribution in [3.8, 4) is 0 Å². The molecule has 14 heavy (non-hydrogen) atoms. The normalized spacial score (nSPS) is 25.1. The van der Waals surface area contributed by atoms with Crippen LogP contribution in [0.4, 0.5) is 0 Å². The van der Waals surface area contributed by atoms with Gasteiger partial charge in [-0.3, -0.25) is 0 Å². The van der Waals surface area contributed by atoms with Crippen molar-refractivity contribution in [1.29, 1.82) is 0 Å². The van der Waals surface area contributed by atoms with E-state index < -0.39 is 0 Å². The van der Waals surface area contributed by atoms with Crippen LogP contribution in [0.1, 0.15) is 26.7 Å². The van der Waals surface area contributed by atoms with Gasteiger partial charge in [-0.15, -0.1) is 0 Å². The zero-order valence-corrected chi connectivity index (χ0v) is 10.3. The Balaban J connectivity index is 2.31. The first-order chi connectivity index (χ1) is 6.58. The minimum Gasteiger partial charge on any atom is -0.463 e. The first-order valence-electron chi connectivity index (χ1n) is 4.92. The van der Waals surface area contributed by atoms with Gasteiger partial charge in [0.1, 0.15) is 0 Å². The molecule has 0 amide bonds. The van der Waals surface area contributed by atoms with Crippen LogP contribution in [0.25, 0.3) is 0 Å². The SMILES string of the molecule is CC1(C)COC(=O)C1OCCCCBr. The monoisotopic (exact) mass is 264 g/mol. The molecule has 0 aromatic carbocycles. The molecule has 3 nitrogen and oxygen atoms in total. The molecule has 0 bridgehead atoms.